The van der Waals surface area contributed by atoms with Crippen molar-refractivity contribution in [1.29, 1.82) is 0 Å². The van der Waals surface area contributed by atoms with Gasteiger partial charge in [0.1, 0.15) is 12.4 Å². The molecule has 1 aromatic heterocycles. The first kappa shape index (κ1) is 22.5. The van der Waals surface area contributed by atoms with Gasteiger partial charge in [0, 0.05) is 16.8 Å². The number of carbonyl (C=O) groups is 1. The predicted molar refractivity (Wildman–Crippen MR) is 126 cm³/mol. The number of carbonyl (C=O) groups excluding carboxylic acids is 1. The minimum Gasteiger partial charge on any atom is -0.485 e. The van der Waals surface area contributed by atoms with Crippen LogP contribution in [0.15, 0.2) is 72.8 Å². The Morgan fingerprint density at radius 1 is 0.971 bits per heavy atom. The van der Waals surface area contributed by atoms with E-state index in [-0.39, 0.29) is 18.2 Å². The summed E-state index contributed by atoms with van der Waals surface area (Å²) in [4.78, 5) is 17.2. The number of rotatable bonds is 4. The fraction of sp³-hybridized carbons (Fsp3) is 0.154. The van der Waals surface area contributed by atoms with E-state index >= 15 is 0 Å². The summed E-state index contributed by atoms with van der Waals surface area (Å²) in [5.41, 5.74) is 1.58. The van der Waals surface area contributed by atoms with Crippen molar-refractivity contribution in [1.82, 2.24) is 4.98 Å². The number of pyridine rings is 1. The molecule has 0 saturated heterocycles. The number of aromatic nitrogens is 1. The van der Waals surface area contributed by atoms with Gasteiger partial charge in [-0.1, -0.05) is 18.2 Å². The fourth-order valence-electron chi connectivity index (χ4n) is 3.83. The Bertz CT molecular complexity index is 1420. The summed E-state index contributed by atoms with van der Waals surface area (Å²) in [6, 6.07) is 19.1. The van der Waals surface area contributed by atoms with E-state index < -0.39 is 17.8 Å². The highest BCUT2D eigenvalue weighted by molar-refractivity contribution is 5.97. The van der Waals surface area contributed by atoms with Gasteiger partial charge in [-0.25, -0.2) is 4.98 Å². The number of alkyl halides is 3. The van der Waals surface area contributed by atoms with E-state index in [4.69, 9.17) is 9.47 Å². The molecule has 2 heterocycles. The number of nitrogens with zero attached hydrogens (tertiary/aromatic N) is 1. The van der Waals surface area contributed by atoms with Gasteiger partial charge in [-0.05, 0) is 67.1 Å². The molecule has 0 aliphatic carbocycles. The van der Waals surface area contributed by atoms with E-state index in [0.717, 1.165) is 23.1 Å². The van der Waals surface area contributed by atoms with E-state index in [1.165, 1.54) is 6.07 Å². The highest BCUT2D eigenvalue weighted by atomic mass is 19.4. The second kappa shape index (κ2) is 8.83. The Hall–Kier alpha value is -4.27. The molecule has 4 aromatic rings. The second-order valence-corrected chi connectivity index (χ2v) is 8.11. The maximum absolute atomic E-state index is 13.0. The maximum atomic E-state index is 13.0. The van der Waals surface area contributed by atoms with Crippen LogP contribution < -0.4 is 20.1 Å². The van der Waals surface area contributed by atoms with Crippen LogP contribution in [0.1, 0.15) is 11.1 Å². The summed E-state index contributed by atoms with van der Waals surface area (Å²) in [5.74, 6) is 1.18. The molecule has 0 bridgehead atoms. The SMILES string of the molecule is Cc1cc(Nc2cccc(C(F)(F)F)c2)nc2ccc(NC(=O)[C@H]3COc4ccccc4O3)cc12. The van der Waals surface area contributed by atoms with E-state index in [2.05, 4.69) is 15.6 Å². The molecule has 2 N–H and O–H groups in total. The van der Waals surface area contributed by atoms with Gasteiger partial charge in [0.05, 0.1) is 11.1 Å². The molecular formula is C26H20F3N3O3. The molecule has 0 radical (unpaired) electrons. The standard InChI is InChI=1S/C26H20F3N3O3/c1-15-11-24(30-17-6-4-5-16(12-17)26(27,28)29)32-20-10-9-18(13-19(15)20)31-25(33)23-14-34-21-7-2-3-8-22(21)35-23/h2-13,23H,14H2,1H3,(H,30,32)(H,31,33)/t23-/m1/s1. The van der Waals surface area contributed by atoms with Crippen LogP contribution >= 0.6 is 0 Å². The number of halogens is 3. The Morgan fingerprint density at radius 3 is 2.57 bits per heavy atom. The Balaban J connectivity index is 1.33. The third kappa shape index (κ3) is 4.84. The third-order valence-corrected chi connectivity index (χ3v) is 5.55. The molecule has 6 nitrogen and oxygen atoms in total. The summed E-state index contributed by atoms with van der Waals surface area (Å²) in [7, 11) is 0. The van der Waals surface area contributed by atoms with Crippen molar-refractivity contribution in [2.75, 3.05) is 17.2 Å². The quantitative estimate of drug-likeness (QED) is 0.371. The number of nitrogens with one attached hydrogen (secondary N) is 2. The summed E-state index contributed by atoms with van der Waals surface area (Å²) in [5, 5.41) is 6.57. The van der Waals surface area contributed by atoms with Crippen molar-refractivity contribution in [3.05, 3.63) is 83.9 Å². The van der Waals surface area contributed by atoms with Crippen LogP contribution in [0.3, 0.4) is 0 Å². The van der Waals surface area contributed by atoms with Crippen molar-refractivity contribution >= 4 is 34.0 Å². The van der Waals surface area contributed by atoms with Gasteiger partial charge in [0.2, 0.25) is 6.10 Å². The molecule has 0 saturated carbocycles. The van der Waals surface area contributed by atoms with Gasteiger partial charge in [-0.3, -0.25) is 4.79 Å². The number of hydrogen-bond donors (Lipinski definition) is 2. The number of amides is 1. The Kier molecular flexibility index (Phi) is 5.68. The van der Waals surface area contributed by atoms with Gasteiger partial charge in [0.25, 0.3) is 5.91 Å². The average Bonchev–Trinajstić information content (AvgIpc) is 2.84. The van der Waals surface area contributed by atoms with Crippen molar-refractivity contribution in [3.63, 3.8) is 0 Å². The number of ether oxygens (including phenoxy) is 2. The lowest BCUT2D eigenvalue weighted by molar-refractivity contribution is -0.137. The van der Waals surface area contributed by atoms with E-state index in [1.807, 2.05) is 13.0 Å². The lowest BCUT2D eigenvalue weighted by Crippen LogP contribution is -2.40. The smallest absolute Gasteiger partial charge is 0.416 e. The molecule has 0 unspecified atom stereocenters. The van der Waals surface area contributed by atoms with Crippen LogP contribution in [0.4, 0.5) is 30.4 Å². The van der Waals surface area contributed by atoms with Crippen molar-refractivity contribution in [2.45, 2.75) is 19.2 Å². The number of anilines is 3. The van der Waals surface area contributed by atoms with Gasteiger partial charge >= 0.3 is 6.18 Å². The van der Waals surface area contributed by atoms with Crippen LogP contribution in [0.5, 0.6) is 11.5 Å². The second-order valence-electron chi connectivity index (χ2n) is 8.11. The van der Waals surface area contributed by atoms with Crippen molar-refractivity contribution < 1.29 is 27.4 Å². The van der Waals surface area contributed by atoms with Crippen molar-refractivity contribution in [2.24, 2.45) is 0 Å². The number of fused-ring (bicyclic) bond motifs is 2. The lowest BCUT2D eigenvalue weighted by atomic mass is 10.1. The molecule has 9 heteroatoms. The first-order valence-electron chi connectivity index (χ1n) is 10.8. The zero-order valence-electron chi connectivity index (χ0n) is 18.5. The highest BCUT2D eigenvalue weighted by Gasteiger charge is 2.30. The highest BCUT2D eigenvalue weighted by Crippen LogP contribution is 2.33. The first-order chi connectivity index (χ1) is 16.8. The van der Waals surface area contributed by atoms with Gasteiger partial charge < -0.3 is 20.1 Å². The number of benzene rings is 3. The van der Waals surface area contributed by atoms with Crippen LogP contribution in [0, 0.1) is 6.92 Å². The molecule has 0 fully saturated rings. The zero-order chi connectivity index (χ0) is 24.6. The summed E-state index contributed by atoms with van der Waals surface area (Å²) < 4.78 is 50.4. The number of para-hydroxylation sites is 2. The average molecular weight is 479 g/mol. The minimum atomic E-state index is -4.43. The van der Waals surface area contributed by atoms with Gasteiger partial charge in [-0.15, -0.1) is 0 Å². The van der Waals surface area contributed by atoms with Crippen LogP contribution in [-0.4, -0.2) is 23.6 Å². The van der Waals surface area contributed by atoms with Gasteiger partial charge in [-0.2, -0.15) is 13.2 Å². The molecule has 1 atom stereocenters. The monoisotopic (exact) mass is 479 g/mol. The van der Waals surface area contributed by atoms with Crippen molar-refractivity contribution in [3.8, 4) is 11.5 Å². The Labute approximate surface area is 198 Å². The molecular weight excluding hydrogens is 459 g/mol. The van der Waals surface area contributed by atoms with E-state index in [1.54, 1.807) is 48.5 Å². The van der Waals surface area contributed by atoms with E-state index in [9.17, 15) is 18.0 Å². The molecule has 5 rings (SSSR count). The summed E-state index contributed by atoms with van der Waals surface area (Å²) in [6.45, 7) is 1.96. The van der Waals surface area contributed by atoms with Gasteiger partial charge in [0.15, 0.2) is 11.5 Å². The maximum Gasteiger partial charge on any atom is 0.416 e. The molecule has 35 heavy (non-hydrogen) atoms. The zero-order valence-corrected chi connectivity index (χ0v) is 18.5. The molecule has 1 amide bonds. The van der Waals surface area contributed by atoms with E-state index in [0.29, 0.717) is 28.5 Å². The third-order valence-electron chi connectivity index (χ3n) is 5.55. The lowest BCUT2D eigenvalue weighted by Gasteiger charge is -2.25. The summed E-state index contributed by atoms with van der Waals surface area (Å²) >= 11 is 0. The molecule has 0 spiro atoms. The molecule has 1 aliphatic heterocycles. The van der Waals surface area contributed by atoms with Crippen LogP contribution in [0.2, 0.25) is 0 Å². The number of aryl methyl sites for hydroxylation is 1. The molecule has 178 valence electrons. The van der Waals surface area contributed by atoms with Crippen LogP contribution in [-0.2, 0) is 11.0 Å². The Morgan fingerprint density at radius 2 is 1.77 bits per heavy atom. The molecule has 3 aromatic carbocycles. The minimum absolute atomic E-state index is 0.0988. The first-order valence-corrected chi connectivity index (χ1v) is 10.8. The summed E-state index contributed by atoms with van der Waals surface area (Å²) in [6.07, 6.45) is -5.22. The normalized spacial score (nSPS) is 15.0. The van der Waals surface area contributed by atoms with Crippen LogP contribution in [0.25, 0.3) is 10.9 Å². The fourth-order valence-corrected chi connectivity index (χ4v) is 3.83. The topological polar surface area (TPSA) is 72.5 Å². The number of hydrogen-bond acceptors (Lipinski definition) is 5. The molecule has 1 aliphatic rings. The predicted octanol–water partition coefficient (Wildman–Crippen LogP) is 6.08. The largest absolute Gasteiger partial charge is 0.485 e.